The summed E-state index contributed by atoms with van der Waals surface area (Å²) in [6.07, 6.45) is 6.40. The highest BCUT2D eigenvalue weighted by Crippen LogP contribution is 2.25. The Kier molecular flexibility index (Phi) is 3.37. The molecule has 100 valence electrons. The van der Waals surface area contributed by atoms with Crippen molar-refractivity contribution in [2.24, 2.45) is 0 Å². The van der Waals surface area contributed by atoms with Gasteiger partial charge in [-0.15, -0.1) is 0 Å². The van der Waals surface area contributed by atoms with Crippen molar-refractivity contribution in [3.8, 4) is 0 Å². The van der Waals surface area contributed by atoms with Crippen LogP contribution < -0.4 is 5.32 Å². The zero-order valence-electron chi connectivity index (χ0n) is 9.92. The molecule has 1 amide bonds. The fraction of sp³-hybridized carbons (Fsp3) is 0. The molecule has 3 heterocycles. The number of halogens is 2. The third kappa shape index (κ3) is 2.25. The van der Waals surface area contributed by atoms with Gasteiger partial charge < -0.3 is 5.32 Å². The molecule has 0 atom stereocenters. The first-order valence-electron chi connectivity index (χ1n) is 5.56. The summed E-state index contributed by atoms with van der Waals surface area (Å²) < 4.78 is 1.99. The van der Waals surface area contributed by atoms with Gasteiger partial charge >= 0.3 is 0 Å². The highest BCUT2D eigenvalue weighted by Gasteiger charge is 2.15. The van der Waals surface area contributed by atoms with Crippen molar-refractivity contribution in [2.45, 2.75) is 0 Å². The summed E-state index contributed by atoms with van der Waals surface area (Å²) in [6, 6.07) is 3.30. The Bertz CT molecular complexity index is 803. The number of rotatable bonds is 2. The monoisotopic (exact) mass is 351 g/mol. The van der Waals surface area contributed by atoms with Gasteiger partial charge in [0.2, 0.25) is 0 Å². The maximum absolute atomic E-state index is 12.2. The molecule has 3 rings (SSSR count). The van der Waals surface area contributed by atoms with Gasteiger partial charge in [0.25, 0.3) is 5.91 Å². The number of anilines is 1. The van der Waals surface area contributed by atoms with Gasteiger partial charge in [0.15, 0.2) is 5.65 Å². The number of nitrogens with one attached hydrogen (secondary N) is 1. The van der Waals surface area contributed by atoms with Gasteiger partial charge in [0.05, 0.1) is 16.8 Å². The minimum atomic E-state index is -0.348. The Morgan fingerprint density at radius 2 is 2.20 bits per heavy atom. The van der Waals surface area contributed by atoms with Crippen molar-refractivity contribution in [3.63, 3.8) is 0 Å². The predicted octanol–water partition coefficient (Wildman–Crippen LogP) is 2.79. The highest BCUT2D eigenvalue weighted by atomic mass is 79.9. The van der Waals surface area contributed by atoms with Crippen molar-refractivity contribution in [1.29, 1.82) is 0 Å². The third-order valence-corrected chi connectivity index (χ3v) is 3.83. The van der Waals surface area contributed by atoms with Crippen LogP contribution in [0.4, 0.5) is 5.69 Å². The van der Waals surface area contributed by atoms with E-state index in [4.69, 9.17) is 11.6 Å². The van der Waals surface area contributed by atoms with Crippen LogP contribution in [-0.2, 0) is 0 Å². The number of nitrogens with zero attached hydrogens (tertiary/aromatic N) is 4. The Labute approximate surface area is 126 Å². The average molecular weight is 353 g/mol. The number of aromatic nitrogens is 4. The van der Waals surface area contributed by atoms with Crippen LogP contribution in [0.5, 0.6) is 0 Å². The van der Waals surface area contributed by atoms with Crippen LogP contribution in [0.25, 0.3) is 5.65 Å². The quantitative estimate of drug-likeness (QED) is 0.720. The minimum Gasteiger partial charge on any atom is -0.317 e. The number of hydrogen-bond donors (Lipinski definition) is 1. The number of pyridine rings is 1. The second-order valence-corrected chi connectivity index (χ2v) is 4.99. The van der Waals surface area contributed by atoms with Crippen LogP contribution in [-0.4, -0.2) is 25.5 Å². The van der Waals surface area contributed by atoms with Crippen molar-refractivity contribution in [1.82, 2.24) is 19.6 Å². The van der Waals surface area contributed by atoms with Crippen LogP contribution in [0.3, 0.4) is 0 Å². The molecule has 0 aliphatic carbocycles. The second kappa shape index (κ2) is 5.18. The van der Waals surface area contributed by atoms with Crippen LogP contribution >= 0.6 is 27.5 Å². The first-order chi connectivity index (χ1) is 9.66. The lowest BCUT2D eigenvalue weighted by Gasteiger charge is -2.05. The van der Waals surface area contributed by atoms with Gasteiger partial charge in [-0.1, -0.05) is 11.6 Å². The van der Waals surface area contributed by atoms with Crippen LogP contribution in [0.15, 0.2) is 41.5 Å². The Morgan fingerprint density at radius 3 is 3.05 bits per heavy atom. The van der Waals surface area contributed by atoms with Crippen LogP contribution in [0.2, 0.25) is 5.02 Å². The molecular weight excluding hydrogens is 346 g/mol. The van der Waals surface area contributed by atoms with E-state index in [1.54, 1.807) is 29.0 Å². The summed E-state index contributed by atoms with van der Waals surface area (Å²) in [5.74, 6) is -0.348. The first kappa shape index (κ1) is 13.0. The number of carbonyl (C=O) groups excluding carboxylic acids is 1. The molecule has 0 aliphatic rings. The molecule has 0 saturated carbocycles. The van der Waals surface area contributed by atoms with E-state index in [1.807, 2.05) is 0 Å². The molecule has 8 heteroatoms. The molecule has 0 spiro atoms. The zero-order valence-corrected chi connectivity index (χ0v) is 12.3. The summed E-state index contributed by atoms with van der Waals surface area (Å²) in [5.41, 5.74) is 1.40. The number of fused-ring (bicyclic) bond motifs is 1. The lowest BCUT2D eigenvalue weighted by molar-refractivity contribution is 0.102. The van der Waals surface area contributed by atoms with E-state index in [1.165, 1.54) is 12.4 Å². The molecule has 0 unspecified atom stereocenters. The minimum absolute atomic E-state index is 0.259. The van der Waals surface area contributed by atoms with E-state index >= 15 is 0 Å². The largest absolute Gasteiger partial charge is 0.317 e. The van der Waals surface area contributed by atoms with Crippen LogP contribution in [0.1, 0.15) is 10.4 Å². The van der Waals surface area contributed by atoms with E-state index in [-0.39, 0.29) is 10.9 Å². The maximum Gasteiger partial charge on any atom is 0.257 e. The SMILES string of the molecule is O=C(Nc1cnn2cccnc12)c1ccnc(Br)c1Cl. The van der Waals surface area contributed by atoms with Gasteiger partial charge in [-0.3, -0.25) is 4.79 Å². The lowest BCUT2D eigenvalue weighted by Crippen LogP contribution is -2.13. The first-order valence-corrected chi connectivity index (χ1v) is 6.73. The van der Waals surface area contributed by atoms with Crippen LogP contribution in [0, 0.1) is 0 Å². The predicted molar refractivity (Wildman–Crippen MR) is 77.9 cm³/mol. The fourth-order valence-corrected chi connectivity index (χ4v) is 2.23. The van der Waals surface area contributed by atoms with Crippen molar-refractivity contribution >= 4 is 44.8 Å². The average Bonchev–Trinajstić information content (AvgIpc) is 2.85. The normalized spacial score (nSPS) is 10.7. The Morgan fingerprint density at radius 1 is 1.35 bits per heavy atom. The lowest BCUT2D eigenvalue weighted by atomic mass is 10.2. The molecule has 20 heavy (non-hydrogen) atoms. The van der Waals surface area contributed by atoms with E-state index in [9.17, 15) is 4.79 Å². The van der Waals surface area contributed by atoms with E-state index in [2.05, 4.69) is 36.3 Å². The van der Waals surface area contributed by atoms with Crippen molar-refractivity contribution in [2.75, 3.05) is 5.32 Å². The van der Waals surface area contributed by atoms with E-state index in [0.29, 0.717) is 21.5 Å². The van der Waals surface area contributed by atoms with Crippen molar-refractivity contribution in [3.05, 3.63) is 52.1 Å². The van der Waals surface area contributed by atoms with Gasteiger partial charge in [-0.2, -0.15) is 5.10 Å². The molecule has 0 fully saturated rings. The fourth-order valence-electron chi connectivity index (χ4n) is 1.70. The molecule has 1 N–H and O–H groups in total. The summed E-state index contributed by atoms with van der Waals surface area (Å²) in [6.45, 7) is 0. The van der Waals surface area contributed by atoms with Crippen molar-refractivity contribution < 1.29 is 4.79 Å². The maximum atomic E-state index is 12.2. The molecule has 3 aromatic heterocycles. The van der Waals surface area contributed by atoms with E-state index < -0.39 is 0 Å². The molecule has 0 bridgehead atoms. The Hall–Kier alpha value is -1.99. The topological polar surface area (TPSA) is 72.2 Å². The third-order valence-electron chi connectivity index (χ3n) is 2.62. The van der Waals surface area contributed by atoms with Gasteiger partial charge in [0.1, 0.15) is 10.3 Å². The summed E-state index contributed by atoms with van der Waals surface area (Å²) >= 11 is 9.22. The second-order valence-electron chi connectivity index (χ2n) is 3.86. The molecule has 6 nitrogen and oxygen atoms in total. The number of hydrogen-bond acceptors (Lipinski definition) is 4. The summed E-state index contributed by atoms with van der Waals surface area (Å²) in [5, 5.41) is 7.08. The van der Waals surface area contributed by atoms with E-state index in [0.717, 1.165) is 0 Å². The smallest absolute Gasteiger partial charge is 0.257 e. The van der Waals surface area contributed by atoms with Gasteiger partial charge in [-0.05, 0) is 28.1 Å². The molecule has 0 radical (unpaired) electrons. The highest BCUT2D eigenvalue weighted by molar-refractivity contribution is 9.10. The molecule has 0 aliphatic heterocycles. The number of amides is 1. The standard InChI is InChI=1S/C12H7BrClN5O/c13-10-9(14)7(2-4-15-10)12(20)18-8-6-17-19-5-1-3-16-11(8)19/h1-6H,(H,18,20). The Balaban J connectivity index is 1.95. The molecule has 3 aromatic rings. The zero-order chi connectivity index (χ0) is 14.1. The molecular formula is C12H7BrClN5O. The number of carbonyl (C=O) groups is 1. The van der Waals surface area contributed by atoms with Gasteiger partial charge in [-0.25, -0.2) is 14.5 Å². The molecule has 0 aromatic carbocycles. The molecule has 0 saturated heterocycles. The summed E-state index contributed by atoms with van der Waals surface area (Å²) in [4.78, 5) is 20.3. The van der Waals surface area contributed by atoms with Gasteiger partial charge in [0, 0.05) is 18.6 Å². The summed E-state index contributed by atoms with van der Waals surface area (Å²) in [7, 11) is 0.